The standard InChI is InChI=1S/C13H22N2O2/c1-3-5-9-7-10(9)14-11-8-12(16)15(6-4-2)13(11)17/h9-11,14H,3-8H2,1-2H3. The van der Waals surface area contributed by atoms with E-state index in [4.69, 9.17) is 0 Å². The minimum Gasteiger partial charge on any atom is -0.302 e. The SMILES string of the molecule is CCCC1CC1NC1CC(=O)N(CCC)C1=O. The Morgan fingerprint density at radius 2 is 2.06 bits per heavy atom. The Morgan fingerprint density at radius 1 is 1.29 bits per heavy atom. The predicted octanol–water partition coefficient (Wildman–Crippen LogP) is 1.30. The molecule has 17 heavy (non-hydrogen) atoms. The number of nitrogens with one attached hydrogen (secondary N) is 1. The minimum absolute atomic E-state index is 0.0120. The van der Waals surface area contributed by atoms with Crippen molar-refractivity contribution in [3.8, 4) is 0 Å². The Hall–Kier alpha value is -0.900. The van der Waals surface area contributed by atoms with E-state index in [0.717, 1.165) is 12.3 Å². The van der Waals surface area contributed by atoms with Crippen LogP contribution in [0.1, 0.15) is 46.0 Å². The van der Waals surface area contributed by atoms with Gasteiger partial charge >= 0.3 is 0 Å². The lowest BCUT2D eigenvalue weighted by atomic mass is 10.2. The molecule has 0 radical (unpaired) electrons. The molecule has 4 nitrogen and oxygen atoms in total. The molecular formula is C13H22N2O2. The van der Waals surface area contributed by atoms with Gasteiger partial charge in [0.2, 0.25) is 11.8 Å². The number of amides is 2. The fourth-order valence-electron chi connectivity index (χ4n) is 2.67. The predicted molar refractivity (Wildman–Crippen MR) is 65.4 cm³/mol. The van der Waals surface area contributed by atoms with Gasteiger partial charge in [-0.1, -0.05) is 20.3 Å². The molecule has 0 bridgehead atoms. The molecule has 1 heterocycles. The molecule has 1 saturated heterocycles. The molecule has 2 aliphatic rings. The molecule has 0 aromatic heterocycles. The number of nitrogens with zero attached hydrogens (tertiary/aromatic N) is 1. The van der Waals surface area contributed by atoms with Crippen molar-refractivity contribution in [3.05, 3.63) is 0 Å². The van der Waals surface area contributed by atoms with Crippen LogP contribution < -0.4 is 5.32 Å². The molecule has 1 saturated carbocycles. The van der Waals surface area contributed by atoms with Gasteiger partial charge < -0.3 is 5.32 Å². The van der Waals surface area contributed by atoms with E-state index in [9.17, 15) is 9.59 Å². The topological polar surface area (TPSA) is 49.4 Å². The maximum absolute atomic E-state index is 12.0. The zero-order valence-electron chi connectivity index (χ0n) is 10.7. The number of carbonyl (C=O) groups excluding carboxylic acids is 2. The van der Waals surface area contributed by atoms with Gasteiger partial charge in [0, 0.05) is 12.6 Å². The molecule has 0 aromatic carbocycles. The molecular weight excluding hydrogens is 216 g/mol. The molecule has 0 aromatic rings. The monoisotopic (exact) mass is 238 g/mol. The van der Waals surface area contributed by atoms with Gasteiger partial charge in [0.1, 0.15) is 0 Å². The van der Waals surface area contributed by atoms with Crippen molar-refractivity contribution in [1.29, 1.82) is 0 Å². The molecule has 4 heteroatoms. The van der Waals surface area contributed by atoms with Crippen LogP contribution in [0, 0.1) is 5.92 Å². The van der Waals surface area contributed by atoms with E-state index in [1.54, 1.807) is 0 Å². The highest BCUT2D eigenvalue weighted by atomic mass is 16.2. The maximum Gasteiger partial charge on any atom is 0.246 e. The second kappa shape index (κ2) is 5.17. The summed E-state index contributed by atoms with van der Waals surface area (Å²) in [6.45, 7) is 4.74. The van der Waals surface area contributed by atoms with Gasteiger partial charge in [0.05, 0.1) is 12.5 Å². The van der Waals surface area contributed by atoms with Crippen molar-refractivity contribution < 1.29 is 9.59 Å². The lowest BCUT2D eigenvalue weighted by Gasteiger charge is -2.14. The van der Waals surface area contributed by atoms with Gasteiger partial charge in [0.15, 0.2) is 0 Å². The summed E-state index contributed by atoms with van der Waals surface area (Å²) in [7, 11) is 0. The highest BCUT2D eigenvalue weighted by Crippen LogP contribution is 2.35. The lowest BCUT2D eigenvalue weighted by molar-refractivity contribution is -0.138. The summed E-state index contributed by atoms with van der Waals surface area (Å²) in [4.78, 5) is 25.0. The molecule has 96 valence electrons. The quantitative estimate of drug-likeness (QED) is 0.710. The zero-order valence-corrected chi connectivity index (χ0v) is 10.7. The molecule has 1 N–H and O–H groups in total. The fourth-order valence-corrected chi connectivity index (χ4v) is 2.67. The lowest BCUT2D eigenvalue weighted by Crippen LogP contribution is -2.40. The van der Waals surface area contributed by atoms with E-state index in [1.165, 1.54) is 24.2 Å². The summed E-state index contributed by atoms with van der Waals surface area (Å²) in [5.74, 6) is 0.698. The van der Waals surface area contributed by atoms with E-state index in [0.29, 0.717) is 19.0 Å². The number of hydrogen-bond donors (Lipinski definition) is 1. The highest BCUT2D eigenvalue weighted by molar-refractivity contribution is 6.05. The largest absolute Gasteiger partial charge is 0.302 e. The van der Waals surface area contributed by atoms with Gasteiger partial charge in [-0.3, -0.25) is 14.5 Å². The van der Waals surface area contributed by atoms with E-state index >= 15 is 0 Å². The molecule has 3 atom stereocenters. The Labute approximate surface area is 103 Å². The van der Waals surface area contributed by atoms with E-state index in [1.807, 2.05) is 6.92 Å². The van der Waals surface area contributed by atoms with Crippen LogP contribution in [0.2, 0.25) is 0 Å². The average Bonchev–Trinajstić information content (AvgIpc) is 2.96. The highest BCUT2D eigenvalue weighted by Gasteiger charge is 2.44. The number of imide groups is 1. The first-order valence-electron chi connectivity index (χ1n) is 6.77. The molecule has 2 fully saturated rings. The third kappa shape index (κ3) is 2.68. The normalized spacial score (nSPS) is 32.4. The Kier molecular flexibility index (Phi) is 3.82. The summed E-state index contributed by atoms with van der Waals surface area (Å²) in [6.07, 6.45) is 4.79. The van der Waals surface area contributed by atoms with Crippen LogP contribution in [0.3, 0.4) is 0 Å². The van der Waals surface area contributed by atoms with Crippen molar-refractivity contribution in [3.63, 3.8) is 0 Å². The van der Waals surface area contributed by atoms with Crippen molar-refractivity contribution in [2.75, 3.05) is 6.54 Å². The van der Waals surface area contributed by atoms with Crippen LogP contribution in [0.4, 0.5) is 0 Å². The van der Waals surface area contributed by atoms with Crippen molar-refractivity contribution in [1.82, 2.24) is 10.2 Å². The summed E-state index contributed by atoms with van der Waals surface area (Å²) in [5.41, 5.74) is 0. The molecule has 2 amide bonds. The molecule has 1 aliphatic carbocycles. The van der Waals surface area contributed by atoms with Crippen LogP contribution in [-0.2, 0) is 9.59 Å². The average molecular weight is 238 g/mol. The van der Waals surface area contributed by atoms with Gasteiger partial charge in [0.25, 0.3) is 0 Å². The molecule has 0 spiro atoms. The molecule has 1 aliphatic heterocycles. The summed E-state index contributed by atoms with van der Waals surface area (Å²) in [5, 5.41) is 3.34. The Bertz CT molecular complexity index is 317. The Morgan fingerprint density at radius 3 is 2.71 bits per heavy atom. The first-order chi connectivity index (χ1) is 8.17. The van der Waals surface area contributed by atoms with Crippen LogP contribution in [-0.4, -0.2) is 35.3 Å². The third-order valence-electron chi connectivity index (χ3n) is 3.69. The van der Waals surface area contributed by atoms with Crippen LogP contribution >= 0.6 is 0 Å². The first kappa shape index (κ1) is 12.6. The molecule has 3 unspecified atom stereocenters. The summed E-state index contributed by atoms with van der Waals surface area (Å²) >= 11 is 0. The number of carbonyl (C=O) groups is 2. The van der Waals surface area contributed by atoms with Crippen LogP contribution in [0.15, 0.2) is 0 Å². The smallest absolute Gasteiger partial charge is 0.246 e. The number of rotatable bonds is 6. The van der Waals surface area contributed by atoms with Gasteiger partial charge in [-0.2, -0.15) is 0 Å². The van der Waals surface area contributed by atoms with Gasteiger partial charge in [-0.05, 0) is 25.2 Å². The second-order valence-corrected chi connectivity index (χ2v) is 5.20. The number of hydrogen-bond acceptors (Lipinski definition) is 3. The van der Waals surface area contributed by atoms with Gasteiger partial charge in [-0.15, -0.1) is 0 Å². The number of likely N-dealkylation sites (tertiary alicyclic amines) is 1. The van der Waals surface area contributed by atoms with Crippen LogP contribution in [0.25, 0.3) is 0 Å². The van der Waals surface area contributed by atoms with Gasteiger partial charge in [-0.25, -0.2) is 0 Å². The minimum atomic E-state index is -0.249. The van der Waals surface area contributed by atoms with Crippen molar-refractivity contribution in [2.45, 2.75) is 58.0 Å². The van der Waals surface area contributed by atoms with Crippen molar-refractivity contribution in [2.24, 2.45) is 5.92 Å². The van der Waals surface area contributed by atoms with Crippen molar-refractivity contribution >= 4 is 11.8 Å². The van der Waals surface area contributed by atoms with E-state index < -0.39 is 0 Å². The third-order valence-corrected chi connectivity index (χ3v) is 3.69. The van der Waals surface area contributed by atoms with Crippen LogP contribution in [0.5, 0.6) is 0 Å². The Balaban J connectivity index is 1.83. The first-order valence-corrected chi connectivity index (χ1v) is 6.77. The summed E-state index contributed by atoms with van der Waals surface area (Å²) < 4.78 is 0. The maximum atomic E-state index is 12.0. The fraction of sp³-hybridized carbons (Fsp3) is 0.846. The van der Waals surface area contributed by atoms with E-state index in [-0.39, 0.29) is 17.9 Å². The second-order valence-electron chi connectivity index (χ2n) is 5.20. The van der Waals surface area contributed by atoms with E-state index in [2.05, 4.69) is 12.2 Å². The molecule has 2 rings (SSSR count). The zero-order chi connectivity index (χ0) is 12.4. The summed E-state index contributed by atoms with van der Waals surface area (Å²) in [6, 6.07) is 0.221.